The van der Waals surface area contributed by atoms with Crippen molar-refractivity contribution in [3.05, 3.63) is 30.5 Å². The van der Waals surface area contributed by atoms with Crippen LogP contribution in [0, 0.1) is 0 Å². The van der Waals surface area contributed by atoms with Crippen molar-refractivity contribution in [1.82, 2.24) is 10.2 Å². The van der Waals surface area contributed by atoms with Gasteiger partial charge in [0.2, 0.25) is 0 Å². The van der Waals surface area contributed by atoms with E-state index in [4.69, 9.17) is 5.11 Å². The SMILES string of the molecule is C=CCC(C)Nc1ccc(C(=O)O)nn1. The van der Waals surface area contributed by atoms with Gasteiger partial charge in [-0.05, 0) is 25.5 Å². The third kappa shape index (κ3) is 3.38. The largest absolute Gasteiger partial charge is 0.476 e. The van der Waals surface area contributed by atoms with Crippen molar-refractivity contribution >= 4 is 11.8 Å². The van der Waals surface area contributed by atoms with Crippen LogP contribution in [0.1, 0.15) is 23.8 Å². The molecule has 0 radical (unpaired) electrons. The van der Waals surface area contributed by atoms with E-state index >= 15 is 0 Å². The Bertz CT molecular complexity index is 348. The van der Waals surface area contributed by atoms with Crippen molar-refractivity contribution in [2.75, 3.05) is 5.32 Å². The summed E-state index contributed by atoms with van der Waals surface area (Å²) in [4.78, 5) is 10.5. The number of rotatable bonds is 5. The molecule has 0 aromatic carbocycles. The minimum Gasteiger partial charge on any atom is -0.476 e. The lowest BCUT2D eigenvalue weighted by atomic mass is 10.2. The van der Waals surface area contributed by atoms with Crippen LogP contribution in [0.15, 0.2) is 24.8 Å². The average molecular weight is 207 g/mol. The quantitative estimate of drug-likeness (QED) is 0.716. The lowest BCUT2D eigenvalue weighted by molar-refractivity contribution is 0.0689. The molecule has 1 heterocycles. The Morgan fingerprint density at radius 2 is 2.40 bits per heavy atom. The van der Waals surface area contributed by atoms with Gasteiger partial charge < -0.3 is 10.4 Å². The summed E-state index contributed by atoms with van der Waals surface area (Å²) in [5.41, 5.74) is -0.0584. The minimum atomic E-state index is -1.08. The molecule has 5 nitrogen and oxygen atoms in total. The molecule has 0 aliphatic carbocycles. The summed E-state index contributed by atoms with van der Waals surface area (Å²) in [5.74, 6) is -0.512. The van der Waals surface area contributed by atoms with Gasteiger partial charge in [0.25, 0.3) is 0 Å². The zero-order chi connectivity index (χ0) is 11.3. The first-order valence-corrected chi connectivity index (χ1v) is 4.58. The van der Waals surface area contributed by atoms with Crippen LogP contribution in [0.4, 0.5) is 5.82 Å². The molecule has 0 aliphatic heterocycles. The van der Waals surface area contributed by atoms with Crippen molar-refractivity contribution in [2.24, 2.45) is 0 Å². The van der Waals surface area contributed by atoms with Crippen LogP contribution in [0.5, 0.6) is 0 Å². The summed E-state index contributed by atoms with van der Waals surface area (Å²) in [6, 6.07) is 3.21. The zero-order valence-corrected chi connectivity index (χ0v) is 8.47. The van der Waals surface area contributed by atoms with Gasteiger partial charge in [-0.1, -0.05) is 6.08 Å². The third-order valence-electron chi connectivity index (χ3n) is 1.80. The predicted octanol–water partition coefficient (Wildman–Crippen LogP) is 1.55. The predicted molar refractivity (Wildman–Crippen MR) is 56.9 cm³/mol. The standard InChI is InChI=1S/C10H13N3O2/c1-3-4-7(2)11-9-6-5-8(10(14)15)12-13-9/h3,5-7H,1,4H2,2H3,(H,11,13)(H,14,15). The zero-order valence-electron chi connectivity index (χ0n) is 8.47. The third-order valence-corrected chi connectivity index (χ3v) is 1.80. The van der Waals surface area contributed by atoms with Crippen molar-refractivity contribution < 1.29 is 9.90 Å². The van der Waals surface area contributed by atoms with E-state index in [9.17, 15) is 4.79 Å². The molecule has 0 fully saturated rings. The first-order valence-electron chi connectivity index (χ1n) is 4.58. The lowest BCUT2D eigenvalue weighted by Crippen LogP contribution is -2.15. The van der Waals surface area contributed by atoms with Crippen molar-refractivity contribution in [3.8, 4) is 0 Å². The maximum atomic E-state index is 10.5. The van der Waals surface area contributed by atoms with E-state index in [0.717, 1.165) is 6.42 Å². The smallest absolute Gasteiger partial charge is 0.356 e. The Balaban J connectivity index is 2.64. The Morgan fingerprint density at radius 1 is 1.67 bits per heavy atom. The highest BCUT2D eigenvalue weighted by Gasteiger charge is 2.06. The fourth-order valence-corrected chi connectivity index (χ4v) is 1.08. The van der Waals surface area contributed by atoms with E-state index in [1.807, 2.05) is 6.92 Å². The molecular formula is C10H13N3O2. The van der Waals surface area contributed by atoms with E-state index in [-0.39, 0.29) is 11.7 Å². The highest BCUT2D eigenvalue weighted by atomic mass is 16.4. The second-order valence-electron chi connectivity index (χ2n) is 3.18. The first-order chi connectivity index (χ1) is 7.13. The highest BCUT2D eigenvalue weighted by molar-refractivity contribution is 5.85. The number of carboxylic acid groups (broad SMARTS) is 1. The van der Waals surface area contributed by atoms with Gasteiger partial charge in [-0.2, -0.15) is 0 Å². The van der Waals surface area contributed by atoms with Gasteiger partial charge in [-0.25, -0.2) is 4.79 Å². The van der Waals surface area contributed by atoms with Gasteiger partial charge in [-0.3, -0.25) is 0 Å². The number of nitrogens with zero attached hydrogens (tertiary/aromatic N) is 2. The summed E-state index contributed by atoms with van der Waals surface area (Å²) < 4.78 is 0. The van der Waals surface area contributed by atoms with Gasteiger partial charge in [0.05, 0.1) is 0 Å². The van der Waals surface area contributed by atoms with Gasteiger partial charge in [0.1, 0.15) is 5.82 Å². The van der Waals surface area contributed by atoms with Crippen LogP contribution in [0.25, 0.3) is 0 Å². The molecule has 80 valence electrons. The number of anilines is 1. The molecule has 2 N–H and O–H groups in total. The summed E-state index contributed by atoms with van der Waals surface area (Å²) in [6.07, 6.45) is 2.61. The molecule has 0 bridgehead atoms. The second-order valence-corrected chi connectivity index (χ2v) is 3.18. The summed E-state index contributed by atoms with van der Waals surface area (Å²) in [5, 5.41) is 19.0. The Kier molecular flexibility index (Phi) is 3.79. The molecule has 15 heavy (non-hydrogen) atoms. The van der Waals surface area contributed by atoms with E-state index in [1.54, 1.807) is 12.1 Å². The molecule has 0 aliphatic rings. The normalized spacial score (nSPS) is 11.8. The molecule has 1 rings (SSSR count). The molecule has 5 heteroatoms. The van der Waals surface area contributed by atoms with Crippen LogP contribution in [0.3, 0.4) is 0 Å². The molecular weight excluding hydrogens is 194 g/mol. The van der Waals surface area contributed by atoms with Gasteiger partial charge in [-0.15, -0.1) is 16.8 Å². The molecule has 1 aromatic rings. The Morgan fingerprint density at radius 3 is 2.87 bits per heavy atom. The van der Waals surface area contributed by atoms with Gasteiger partial charge in [0.15, 0.2) is 5.69 Å². The topological polar surface area (TPSA) is 75.1 Å². The Labute approximate surface area is 87.8 Å². The minimum absolute atomic E-state index is 0.0584. The Hall–Kier alpha value is -1.91. The summed E-state index contributed by atoms with van der Waals surface area (Å²) in [6.45, 7) is 5.61. The maximum absolute atomic E-state index is 10.5. The highest BCUT2D eigenvalue weighted by Crippen LogP contribution is 2.05. The molecule has 0 saturated carbocycles. The summed E-state index contributed by atoms with van der Waals surface area (Å²) >= 11 is 0. The number of aromatic carboxylic acids is 1. The molecule has 1 aromatic heterocycles. The van der Waals surface area contributed by atoms with E-state index in [2.05, 4.69) is 22.1 Å². The van der Waals surface area contributed by atoms with Crippen LogP contribution >= 0.6 is 0 Å². The molecule has 0 saturated heterocycles. The van der Waals surface area contributed by atoms with Crippen LogP contribution < -0.4 is 5.32 Å². The molecule has 0 spiro atoms. The van der Waals surface area contributed by atoms with Crippen molar-refractivity contribution in [2.45, 2.75) is 19.4 Å². The monoisotopic (exact) mass is 207 g/mol. The maximum Gasteiger partial charge on any atom is 0.356 e. The molecule has 0 amide bonds. The van der Waals surface area contributed by atoms with Crippen molar-refractivity contribution in [1.29, 1.82) is 0 Å². The molecule has 1 unspecified atom stereocenters. The number of hydrogen-bond donors (Lipinski definition) is 2. The number of hydrogen-bond acceptors (Lipinski definition) is 4. The number of carboxylic acids is 1. The van der Waals surface area contributed by atoms with E-state index in [0.29, 0.717) is 5.82 Å². The average Bonchev–Trinajstić information content (AvgIpc) is 2.18. The number of carbonyl (C=O) groups is 1. The summed E-state index contributed by atoms with van der Waals surface area (Å²) in [7, 11) is 0. The second kappa shape index (κ2) is 5.09. The van der Waals surface area contributed by atoms with Crippen LogP contribution in [-0.4, -0.2) is 27.3 Å². The van der Waals surface area contributed by atoms with Crippen LogP contribution in [0.2, 0.25) is 0 Å². The van der Waals surface area contributed by atoms with Gasteiger partial charge >= 0.3 is 5.97 Å². The number of aromatic nitrogens is 2. The first kappa shape index (κ1) is 11.2. The van der Waals surface area contributed by atoms with E-state index < -0.39 is 5.97 Å². The molecule has 1 atom stereocenters. The lowest BCUT2D eigenvalue weighted by Gasteiger charge is -2.11. The van der Waals surface area contributed by atoms with Crippen molar-refractivity contribution in [3.63, 3.8) is 0 Å². The van der Waals surface area contributed by atoms with Gasteiger partial charge in [0, 0.05) is 6.04 Å². The fraction of sp³-hybridized carbons (Fsp3) is 0.300. The fourth-order valence-electron chi connectivity index (χ4n) is 1.08. The van der Waals surface area contributed by atoms with E-state index in [1.165, 1.54) is 6.07 Å². The van der Waals surface area contributed by atoms with Crippen LogP contribution in [-0.2, 0) is 0 Å². The number of nitrogens with one attached hydrogen (secondary N) is 1.